The van der Waals surface area contributed by atoms with Gasteiger partial charge >= 0.3 is 0 Å². The van der Waals surface area contributed by atoms with Crippen LogP contribution in [0.3, 0.4) is 0 Å². The summed E-state index contributed by atoms with van der Waals surface area (Å²) >= 11 is 1.46. The Bertz CT molecular complexity index is 1060. The fourth-order valence-corrected chi connectivity index (χ4v) is 4.40. The lowest BCUT2D eigenvalue weighted by atomic mass is 10.2. The smallest absolute Gasteiger partial charge is 0.242 e. The highest BCUT2D eigenvalue weighted by molar-refractivity contribution is 7.13. The average Bonchev–Trinajstić information content (AvgIpc) is 3.48. The van der Waals surface area contributed by atoms with Gasteiger partial charge in [-0.25, -0.2) is 19.6 Å². The van der Waals surface area contributed by atoms with Crippen molar-refractivity contribution in [1.82, 2.24) is 34.5 Å². The van der Waals surface area contributed by atoms with Crippen LogP contribution < -0.4 is 5.32 Å². The maximum atomic E-state index is 13.0. The van der Waals surface area contributed by atoms with E-state index in [1.807, 2.05) is 32.2 Å². The van der Waals surface area contributed by atoms with Gasteiger partial charge in [-0.3, -0.25) is 9.69 Å². The van der Waals surface area contributed by atoms with Crippen molar-refractivity contribution in [2.45, 2.75) is 39.3 Å². The molecular weight excluding hydrogens is 412 g/mol. The Hall–Kier alpha value is -2.69. The van der Waals surface area contributed by atoms with E-state index in [9.17, 15) is 4.79 Å². The molecule has 2 atom stereocenters. The highest BCUT2D eigenvalue weighted by Crippen LogP contribution is 2.23. The van der Waals surface area contributed by atoms with Crippen LogP contribution in [0.5, 0.6) is 0 Å². The summed E-state index contributed by atoms with van der Waals surface area (Å²) in [6, 6.07) is 3.97. The molecule has 9 nitrogen and oxygen atoms in total. The number of thiazole rings is 1. The van der Waals surface area contributed by atoms with Crippen LogP contribution in [0.1, 0.15) is 24.7 Å². The SMILES string of the molecule is Cc1cc(C)n(-c2cc(NC(=O)C(C)N3CC[C@@H](N(C)C)C3)nc(-c3nccs3)n2)n1. The molecular formula is C21H28N8OS. The fourth-order valence-electron chi connectivity index (χ4n) is 3.84. The van der Waals surface area contributed by atoms with Gasteiger partial charge in [0.2, 0.25) is 5.91 Å². The number of hydrogen-bond acceptors (Lipinski definition) is 8. The zero-order valence-corrected chi connectivity index (χ0v) is 19.3. The van der Waals surface area contributed by atoms with E-state index in [2.05, 4.69) is 49.3 Å². The van der Waals surface area contributed by atoms with Gasteiger partial charge in [0.1, 0.15) is 5.82 Å². The lowest BCUT2D eigenvalue weighted by Gasteiger charge is -2.25. The molecule has 10 heteroatoms. The minimum atomic E-state index is -0.250. The predicted octanol–water partition coefficient (Wildman–Crippen LogP) is 2.37. The molecule has 0 aromatic carbocycles. The quantitative estimate of drug-likeness (QED) is 0.629. The summed E-state index contributed by atoms with van der Waals surface area (Å²) in [6.07, 6.45) is 2.78. The summed E-state index contributed by atoms with van der Waals surface area (Å²) < 4.78 is 1.76. The number of carbonyl (C=O) groups excluding carboxylic acids is 1. The fraction of sp³-hybridized carbons (Fsp3) is 0.476. The number of likely N-dealkylation sites (tertiary alicyclic amines) is 1. The number of hydrogen-bond donors (Lipinski definition) is 1. The van der Waals surface area contributed by atoms with Crippen molar-refractivity contribution in [2.75, 3.05) is 32.5 Å². The number of nitrogens with one attached hydrogen (secondary N) is 1. The number of nitrogens with zero attached hydrogens (tertiary/aromatic N) is 7. The zero-order chi connectivity index (χ0) is 22.1. The summed E-state index contributed by atoms with van der Waals surface area (Å²) in [4.78, 5) is 31.0. The third-order valence-electron chi connectivity index (χ3n) is 5.67. The molecule has 0 bridgehead atoms. The molecule has 1 aliphatic heterocycles. The second kappa shape index (κ2) is 8.81. The topological polar surface area (TPSA) is 92.1 Å². The Balaban J connectivity index is 1.60. The van der Waals surface area contributed by atoms with Crippen molar-refractivity contribution in [1.29, 1.82) is 0 Å². The Labute approximate surface area is 186 Å². The van der Waals surface area contributed by atoms with E-state index in [4.69, 9.17) is 0 Å². The van der Waals surface area contributed by atoms with Crippen molar-refractivity contribution >= 4 is 23.1 Å². The number of aromatic nitrogens is 5. The highest BCUT2D eigenvalue weighted by atomic mass is 32.1. The van der Waals surface area contributed by atoms with Crippen LogP contribution in [0.2, 0.25) is 0 Å². The second-order valence-corrected chi connectivity index (χ2v) is 9.07. The maximum Gasteiger partial charge on any atom is 0.242 e. The zero-order valence-electron chi connectivity index (χ0n) is 18.5. The van der Waals surface area contributed by atoms with Gasteiger partial charge in [-0.2, -0.15) is 5.10 Å². The number of rotatable bonds is 6. The standard InChI is InChI=1S/C21H28N8OS/c1-13-10-14(2)29(26-13)18-11-17(23-19(25-18)21-22-7-9-31-21)24-20(30)15(3)28-8-6-16(12-28)27(4)5/h7,9-11,15-16H,6,8,12H2,1-5H3,(H,23,24,25,30)/t15?,16-/m1/s1. The molecule has 1 aliphatic rings. The number of carbonyl (C=O) groups is 1. The predicted molar refractivity (Wildman–Crippen MR) is 121 cm³/mol. The molecule has 0 saturated carbocycles. The maximum absolute atomic E-state index is 13.0. The number of amides is 1. The molecule has 1 saturated heterocycles. The van der Waals surface area contributed by atoms with Gasteiger partial charge in [0.15, 0.2) is 16.6 Å². The van der Waals surface area contributed by atoms with Crippen LogP contribution in [-0.2, 0) is 4.79 Å². The van der Waals surface area contributed by atoms with Gasteiger partial charge in [-0.1, -0.05) is 0 Å². The van der Waals surface area contributed by atoms with Crippen molar-refractivity contribution < 1.29 is 4.79 Å². The first-order valence-electron chi connectivity index (χ1n) is 10.4. The van der Waals surface area contributed by atoms with Gasteiger partial charge in [0, 0.05) is 42.5 Å². The highest BCUT2D eigenvalue weighted by Gasteiger charge is 2.30. The number of anilines is 1. The lowest BCUT2D eigenvalue weighted by Crippen LogP contribution is -2.42. The molecule has 4 heterocycles. The van der Waals surface area contributed by atoms with Crippen molar-refractivity contribution in [3.63, 3.8) is 0 Å². The third kappa shape index (κ3) is 4.65. The molecule has 3 aromatic heterocycles. The van der Waals surface area contributed by atoms with Crippen molar-refractivity contribution in [3.05, 3.63) is 35.1 Å². The van der Waals surface area contributed by atoms with Crippen LogP contribution in [0.15, 0.2) is 23.7 Å². The minimum absolute atomic E-state index is 0.0810. The number of aryl methyl sites for hydroxylation is 2. The van der Waals surface area contributed by atoms with E-state index < -0.39 is 0 Å². The summed E-state index contributed by atoms with van der Waals surface area (Å²) in [6.45, 7) is 7.64. The third-order valence-corrected chi connectivity index (χ3v) is 6.44. The Morgan fingerprint density at radius 3 is 2.71 bits per heavy atom. The second-order valence-electron chi connectivity index (χ2n) is 8.18. The molecule has 164 valence electrons. The molecule has 1 fully saturated rings. The van der Waals surface area contributed by atoms with Gasteiger partial charge in [-0.15, -0.1) is 11.3 Å². The largest absolute Gasteiger partial charge is 0.309 e. The first-order chi connectivity index (χ1) is 14.8. The van der Waals surface area contributed by atoms with E-state index in [1.165, 1.54) is 11.3 Å². The molecule has 0 radical (unpaired) electrons. The molecule has 3 aromatic rings. The molecule has 0 aliphatic carbocycles. The molecule has 4 rings (SSSR count). The van der Waals surface area contributed by atoms with Crippen LogP contribution in [0.4, 0.5) is 5.82 Å². The molecule has 1 unspecified atom stereocenters. The van der Waals surface area contributed by atoms with E-state index in [-0.39, 0.29) is 11.9 Å². The van der Waals surface area contributed by atoms with Crippen LogP contribution >= 0.6 is 11.3 Å². The normalized spacial score (nSPS) is 17.9. The Kier molecular flexibility index (Phi) is 6.12. The minimum Gasteiger partial charge on any atom is -0.309 e. The monoisotopic (exact) mass is 440 g/mol. The molecule has 31 heavy (non-hydrogen) atoms. The Morgan fingerprint density at radius 2 is 2.10 bits per heavy atom. The van der Waals surface area contributed by atoms with Gasteiger partial charge in [0.05, 0.1) is 11.7 Å². The average molecular weight is 441 g/mol. The van der Waals surface area contributed by atoms with Crippen LogP contribution in [0.25, 0.3) is 16.6 Å². The summed E-state index contributed by atoms with van der Waals surface area (Å²) in [5.74, 6) is 1.44. The van der Waals surface area contributed by atoms with E-state index in [0.717, 1.165) is 30.9 Å². The summed E-state index contributed by atoms with van der Waals surface area (Å²) in [5, 5.41) is 10.1. The van der Waals surface area contributed by atoms with Gasteiger partial charge in [0.25, 0.3) is 0 Å². The molecule has 1 N–H and O–H groups in total. The van der Waals surface area contributed by atoms with Gasteiger partial charge < -0.3 is 10.2 Å². The van der Waals surface area contributed by atoms with Crippen LogP contribution in [-0.4, -0.2) is 79.7 Å². The van der Waals surface area contributed by atoms with E-state index >= 15 is 0 Å². The summed E-state index contributed by atoms with van der Waals surface area (Å²) in [7, 11) is 4.17. The Morgan fingerprint density at radius 1 is 1.29 bits per heavy atom. The van der Waals surface area contributed by atoms with Crippen molar-refractivity contribution in [2.24, 2.45) is 0 Å². The number of likely N-dealkylation sites (N-methyl/N-ethyl adjacent to an activating group) is 1. The van der Waals surface area contributed by atoms with Crippen LogP contribution in [0, 0.1) is 13.8 Å². The molecule has 1 amide bonds. The van der Waals surface area contributed by atoms with Crippen molar-refractivity contribution in [3.8, 4) is 16.6 Å². The lowest BCUT2D eigenvalue weighted by molar-refractivity contribution is -0.120. The van der Waals surface area contributed by atoms with E-state index in [0.29, 0.717) is 28.5 Å². The van der Waals surface area contributed by atoms with E-state index in [1.54, 1.807) is 16.9 Å². The van der Waals surface area contributed by atoms with Gasteiger partial charge in [-0.05, 0) is 47.4 Å². The first kappa shape index (κ1) is 21.5. The molecule has 0 spiro atoms. The summed E-state index contributed by atoms with van der Waals surface area (Å²) in [5.41, 5.74) is 1.86. The first-order valence-corrected chi connectivity index (χ1v) is 11.2.